The summed E-state index contributed by atoms with van der Waals surface area (Å²) in [4.78, 5) is 32.4. The molecule has 0 aliphatic carbocycles. The largest absolute Gasteiger partial charge is 0.487 e. The van der Waals surface area contributed by atoms with E-state index in [9.17, 15) is 9.59 Å². The van der Waals surface area contributed by atoms with Crippen molar-refractivity contribution >= 4 is 57.4 Å². The number of aromatic nitrogens is 1. The SMILES string of the molecule is CCOC(=O)C1=C(C)N=c2s/c(=C\c3cc(Cl)cc(Cl)c3OCc3cccc4ccccc34)c(=O)n2[C@H]1c1ccc(C)cc1. The Bertz CT molecular complexity index is 2130. The number of fused-ring (bicyclic) bond motifs is 2. The molecule has 1 atom stereocenters. The molecule has 5 aromatic rings. The van der Waals surface area contributed by atoms with E-state index in [0.29, 0.717) is 42.0 Å². The van der Waals surface area contributed by atoms with Crippen molar-refractivity contribution in [3.8, 4) is 5.75 Å². The zero-order chi connectivity index (χ0) is 31.0. The summed E-state index contributed by atoms with van der Waals surface area (Å²) < 4.78 is 13.7. The number of allylic oxidation sites excluding steroid dienone is 1. The van der Waals surface area contributed by atoms with Crippen LogP contribution in [0.5, 0.6) is 5.75 Å². The Kier molecular flexibility index (Phi) is 8.45. The van der Waals surface area contributed by atoms with Crippen LogP contribution in [0.2, 0.25) is 10.0 Å². The molecule has 0 bridgehead atoms. The molecule has 0 N–H and O–H groups in total. The molecule has 6 nitrogen and oxygen atoms in total. The lowest BCUT2D eigenvalue weighted by Crippen LogP contribution is -2.39. The first-order chi connectivity index (χ1) is 21.2. The fourth-order valence-electron chi connectivity index (χ4n) is 5.40. The molecule has 0 radical (unpaired) electrons. The van der Waals surface area contributed by atoms with Crippen molar-refractivity contribution < 1.29 is 14.3 Å². The molecule has 0 fully saturated rings. The van der Waals surface area contributed by atoms with Gasteiger partial charge in [0.2, 0.25) is 0 Å². The van der Waals surface area contributed by atoms with Crippen LogP contribution in [0, 0.1) is 6.92 Å². The summed E-state index contributed by atoms with van der Waals surface area (Å²) in [7, 11) is 0. The van der Waals surface area contributed by atoms with Gasteiger partial charge in [-0.1, -0.05) is 107 Å². The summed E-state index contributed by atoms with van der Waals surface area (Å²) in [6.45, 7) is 5.97. The highest BCUT2D eigenvalue weighted by Gasteiger charge is 2.33. The quantitative estimate of drug-likeness (QED) is 0.177. The lowest BCUT2D eigenvalue weighted by atomic mass is 9.95. The number of carbonyl (C=O) groups is 1. The number of thiazole rings is 1. The first-order valence-electron chi connectivity index (χ1n) is 14.1. The van der Waals surface area contributed by atoms with Gasteiger partial charge in [-0.05, 0) is 60.9 Å². The maximum absolute atomic E-state index is 14.1. The van der Waals surface area contributed by atoms with Crippen LogP contribution in [0.4, 0.5) is 0 Å². The number of esters is 1. The summed E-state index contributed by atoms with van der Waals surface area (Å²) >= 11 is 14.3. The minimum atomic E-state index is -0.696. The van der Waals surface area contributed by atoms with Gasteiger partial charge in [0, 0.05) is 10.6 Å². The molecule has 9 heteroatoms. The third kappa shape index (κ3) is 5.71. The monoisotopic (exact) mass is 642 g/mol. The van der Waals surface area contributed by atoms with Gasteiger partial charge in [0.15, 0.2) is 4.80 Å². The highest BCUT2D eigenvalue weighted by atomic mass is 35.5. The van der Waals surface area contributed by atoms with E-state index in [1.807, 2.05) is 55.5 Å². The first-order valence-corrected chi connectivity index (χ1v) is 15.7. The first kappa shape index (κ1) is 29.9. The van der Waals surface area contributed by atoms with Gasteiger partial charge in [0.05, 0.1) is 33.5 Å². The van der Waals surface area contributed by atoms with Crippen molar-refractivity contribution in [2.75, 3.05) is 6.61 Å². The predicted molar refractivity (Wildman–Crippen MR) is 176 cm³/mol. The van der Waals surface area contributed by atoms with Crippen LogP contribution in [-0.4, -0.2) is 17.1 Å². The average molecular weight is 644 g/mol. The van der Waals surface area contributed by atoms with Crippen molar-refractivity contribution in [2.24, 2.45) is 4.99 Å². The minimum Gasteiger partial charge on any atom is -0.487 e. The Labute approximate surface area is 268 Å². The van der Waals surface area contributed by atoms with Crippen LogP contribution in [-0.2, 0) is 16.1 Å². The van der Waals surface area contributed by atoms with Gasteiger partial charge in [-0.15, -0.1) is 0 Å². The van der Waals surface area contributed by atoms with Gasteiger partial charge in [-0.3, -0.25) is 9.36 Å². The van der Waals surface area contributed by atoms with Crippen LogP contribution in [0.25, 0.3) is 16.8 Å². The molecule has 6 rings (SSSR count). The minimum absolute atomic E-state index is 0.206. The van der Waals surface area contributed by atoms with E-state index in [0.717, 1.165) is 27.5 Å². The van der Waals surface area contributed by atoms with E-state index in [-0.39, 0.29) is 18.8 Å². The second kappa shape index (κ2) is 12.4. The molecule has 1 aliphatic rings. The van der Waals surface area contributed by atoms with E-state index < -0.39 is 12.0 Å². The summed E-state index contributed by atoms with van der Waals surface area (Å²) in [5.41, 5.74) is 3.94. The number of nitrogens with zero attached hydrogens (tertiary/aromatic N) is 2. The predicted octanol–water partition coefficient (Wildman–Crippen LogP) is 7.15. The Morgan fingerprint density at radius 1 is 1.02 bits per heavy atom. The number of halogens is 2. The highest BCUT2D eigenvalue weighted by molar-refractivity contribution is 7.07. The molecule has 0 amide bonds. The van der Waals surface area contributed by atoms with Gasteiger partial charge in [-0.25, -0.2) is 9.79 Å². The van der Waals surface area contributed by atoms with Crippen LogP contribution in [0.15, 0.2) is 99.9 Å². The molecule has 1 aromatic heterocycles. The van der Waals surface area contributed by atoms with Gasteiger partial charge < -0.3 is 9.47 Å². The molecule has 2 heterocycles. The molecule has 0 spiro atoms. The van der Waals surface area contributed by atoms with Crippen molar-refractivity contribution in [3.63, 3.8) is 0 Å². The molecule has 4 aromatic carbocycles. The molecular weight excluding hydrogens is 615 g/mol. The molecule has 44 heavy (non-hydrogen) atoms. The summed E-state index contributed by atoms with van der Waals surface area (Å²) in [6, 6.07) is 24.5. The maximum atomic E-state index is 14.1. The van der Waals surface area contributed by atoms with Crippen LogP contribution in [0.1, 0.15) is 42.1 Å². The zero-order valence-corrected chi connectivity index (χ0v) is 26.6. The second-order valence-electron chi connectivity index (χ2n) is 10.4. The van der Waals surface area contributed by atoms with Crippen molar-refractivity contribution in [1.82, 2.24) is 4.57 Å². The van der Waals surface area contributed by atoms with Crippen LogP contribution < -0.4 is 19.6 Å². The molecule has 0 saturated heterocycles. The maximum Gasteiger partial charge on any atom is 0.338 e. The van der Waals surface area contributed by atoms with Crippen molar-refractivity contribution in [2.45, 2.75) is 33.4 Å². The third-order valence-electron chi connectivity index (χ3n) is 7.49. The Morgan fingerprint density at radius 3 is 2.55 bits per heavy atom. The average Bonchev–Trinajstić information content (AvgIpc) is 3.30. The van der Waals surface area contributed by atoms with Gasteiger partial charge in [0.25, 0.3) is 5.56 Å². The van der Waals surface area contributed by atoms with E-state index in [2.05, 4.69) is 23.2 Å². The number of rotatable bonds is 7. The lowest BCUT2D eigenvalue weighted by molar-refractivity contribution is -0.139. The summed E-state index contributed by atoms with van der Waals surface area (Å²) in [6.07, 6.45) is 1.72. The highest BCUT2D eigenvalue weighted by Crippen LogP contribution is 2.35. The van der Waals surface area contributed by atoms with Crippen LogP contribution >= 0.6 is 34.5 Å². The molecule has 222 valence electrons. The summed E-state index contributed by atoms with van der Waals surface area (Å²) in [5.74, 6) is -0.0901. The van der Waals surface area contributed by atoms with E-state index in [4.69, 9.17) is 32.7 Å². The number of hydrogen-bond acceptors (Lipinski definition) is 6. The Balaban J connectivity index is 1.46. The number of ether oxygens (including phenoxy) is 2. The second-order valence-corrected chi connectivity index (χ2v) is 12.3. The van der Waals surface area contributed by atoms with Crippen LogP contribution in [0.3, 0.4) is 0 Å². The normalized spacial score (nSPS) is 14.8. The fourth-order valence-corrected chi connectivity index (χ4v) is 7.01. The lowest BCUT2D eigenvalue weighted by Gasteiger charge is -2.24. The van der Waals surface area contributed by atoms with E-state index >= 15 is 0 Å². The number of aryl methyl sites for hydroxylation is 1. The Hall–Kier alpha value is -4.17. The topological polar surface area (TPSA) is 69.9 Å². The van der Waals surface area contributed by atoms with E-state index in [1.165, 1.54) is 11.3 Å². The standard InChI is InChI=1S/C35H28Cl2N2O4S/c1-4-42-34(41)30-21(3)38-35-39(31(30)23-14-12-20(2)13-15-23)33(40)29(44-35)17-25-16-26(36)18-28(37)32(25)43-19-24-10-7-9-22-8-5-6-11-27(22)24/h5-18,31H,4,19H2,1-3H3/b29-17-/t31-/m0/s1. The van der Waals surface area contributed by atoms with Crippen molar-refractivity contribution in [3.05, 3.63) is 142 Å². The fraction of sp³-hybridized carbons (Fsp3) is 0.171. The number of benzene rings is 4. The molecule has 1 aliphatic heterocycles. The van der Waals surface area contributed by atoms with Crippen molar-refractivity contribution in [1.29, 1.82) is 0 Å². The van der Waals surface area contributed by atoms with Gasteiger partial charge in [-0.2, -0.15) is 0 Å². The van der Waals surface area contributed by atoms with Gasteiger partial charge >= 0.3 is 5.97 Å². The Morgan fingerprint density at radius 2 is 1.77 bits per heavy atom. The number of carbonyl (C=O) groups excluding carboxylic acids is 1. The molecule has 0 saturated carbocycles. The van der Waals surface area contributed by atoms with E-state index in [1.54, 1.807) is 36.6 Å². The third-order valence-corrected chi connectivity index (χ3v) is 8.97. The summed E-state index contributed by atoms with van der Waals surface area (Å²) in [5, 5.41) is 2.93. The molecule has 0 unspecified atom stereocenters. The smallest absolute Gasteiger partial charge is 0.338 e. The van der Waals surface area contributed by atoms with Gasteiger partial charge in [0.1, 0.15) is 12.4 Å². The number of hydrogen-bond donors (Lipinski definition) is 0. The zero-order valence-electron chi connectivity index (χ0n) is 24.3. The molecular formula is C35H28Cl2N2O4S.